The molecule has 2 aromatic carbocycles. The number of nitro groups is 2. The van der Waals surface area contributed by atoms with E-state index in [2.05, 4.69) is 20.5 Å². The van der Waals surface area contributed by atoms with Gasteiger partial charge in [0, 0.05) is 23.3 Å². The van der Waals surface area contributed by atoms with E-state index in [1.54, 1.807) is 24.3 Å². The number of hydrogen-bond donors (Lipinski definition) is 2. The zero-order chi connectivity index (χ0) is 22.0. The number of fused-ring (bicyclic) bond motifs is 1. The molecule has 0 saturated heterocycles. The van der Waals surface area contributed by atoms with Gasteiger partial charge >= 0.3 is 0 Å². The minimum atomic E-state index is -0.661. The van der Waals surface area contributed by atoms with Crippen molar-refractivity contribution < 1.29 is 9.85 Å². The van der Waals surface area contributed by atoms with Crippen LogP contribution in [0.15, 0.2) is 52.4 Å². The van der Waals surface area contributed by atoms with Gasteiger partial charge in [0.1, 0.15) is 0 Å². The molecule has 2 N–H and O–H groups in total. The number of nitrogens with zero attached hydrogens (tertiary/aromatic N) is 4. The van der Waals surface area contributed by atoms with Gasteiger partial charge in [0.05, 0.1) is 26.9 Å². The molecule has 3 aromatic rings. The Hall–Kier alpha value is -4.15. The van der Waals surface area contributed by atoms with Gasteiger partial charge in [0.15, 0.2) is 0 Å². The predicted octanol–water partition coefficient (Wildman–Crippen LogP) is 3.87. The Bertz CT molecular complexity index is 1270. The number of hydrazone groups is 1. The van der Waals surface area contributed by atoms with Crippen molar-refractivity contribution >= 4 is 33.9 Å². The van der Waals surface area contributed by atoms with Gasteiger partial charge in [0.25, 0.3) is 16.9 Å². The lowest BCUT2D eigenvalue weighted by molar-refractivity contribution is -0.394. The summed E-state index contributed by atoms with van der Waals surface area (Å²) in [5, 5.41) is 27.0. The highest BCUT2D eigenvalue weighted by atomic mass is 16.6. The van der Waals surface area contributed by atoms with E-state index in [0.29, 0.717) is 35.2 Å². The molecule has 0 amide bonds. The Balaban J connectivity index is 1.69. The molecule has 4 rings (SSSR count). The van der Waals surface area contributed by atoms with Gasteiger partial charge in [-0.25, -0.2) is 4.98 Å². The lowest BCUT2D eigenvalue weighted by Gasteiger charge is -2.24. The fourth-order valence-corrected chi connectivity index (χ4v) is 3.79. The standard InChI is InChI=1S/C20H18N6O5/c27-20-19(21-16-7-3-4-8-17(16)22-20)24-23-15-6-2-1-5-13(15)14-10-9-12(25(28)29)11-18(14)26(30)31/h3-4,7-11,13H,1-2,5-6H2,(H,21,24)(H,22,27)/b23-15-. The summed E-state index contributed by atoms with van der Waals surface area (Å²) in [5.74, 6) is -0.365. The summed E-state index contributed by atoms with van der Waals surface area (Å²) >= 11 is 0. The molecule has 158 valence electrons. The molecule has 1 atom stereocenters. The maximum absolute atomic E-state index is 12.3. The van der Waals surface area contributed by atoms with Crippen LogP contribution >= 0.6 is 0 Å². The summed E-state index contributed by atoms with van der Waals surface area (Å²) in [7, 11) is 0. The van der Waals surface area contributed by atoms with Crippen molar-refractivity contribution in [3.63, 3.8) is 0 Å². The van der Waals surface area contributed by atoms with Crippen molar-refractivity contribution in [2.75, 3.05) is 5.43 Å². The third kappa shape index (κ3) is 4.10. The summed E-state index contributed by atoms with van der Waals surface area (Å²) in [4.78, 5) is 40.6. The van der Waals surface area contributed by atoms with E-state index >= 15 is 0 Å². The van der Waals surface area contributed by atoms with Crippen molar-refractivity contribution in [1.82, 2.24) is 9.97 Å². The number of aromatic amines is 1. The summed E-state index contributed by atoms with van der Waals surface area (Å²) in [5.41, 5.74) is 3.83. The number of anilines is 1. The molecule has 1 fully saturated rings. The number of H-pyrrole nitrogens is 1. The third-order valence-electron chi connectivity index (χ3n) is 5.28. The van der Waals surface area contributed by atoms with Crippen molar-refractivity contribution in [3.8, 4) is 0 Å². The van der Waals surface area contributed by atoms with Crippen LogP contribution in [0.25, 0.3) is 11.0 Å². The fraction of sp³-hybridized carbons (Fsp3) is 0.250. The third-order valence-corrected chi connectivity index (χ3v) is 5.28. The second-order valence-corrected chi connectivity index (χ2v) is 7.20. The molecule has 11 nitrogen and oxygen atoms in total. The Labute approximate surface area is 175 Å². The molecular formula is C20H18N6O5. The number of non-ortho nitro benzene ring substituents is 1. The highest BCUT2D eigenvalue weighted by molar-refractivity contribution is 5.93. The Morgan fingerprint density at radius 1 is 1.10 bits per heavy atom. The normalized spacial score (nSPS) is 17.5. The van der Waals surface area contributed by atoms with Gasteiger partial charge in [-0.15, -0.1) is 0 Å². The minimum absolute atomic E-state index is 0.0220. The minimum Gasteiger partial charge on any atom is -0.317 e. The largest absolute Gasteiger partial charge is 0.317 e. The molecule has 1 unspecified atom stereocenters. The molecule has 1 aliphatic rings. The smallest absolute Gasteiger partial charge is 0.293 e. The van der Waals surface area contributed by atoms with Crippen molar-refractivity contribution in [2.45, 2.75) is 31.6 Å². The molecule has 0 spiro atoms. The zero-order valence-electron chi connectivity index (χ0n) is 16.3. The van der Waals surface area contributed by atoms with E-state index in [0.717, 1.165) is 18.9 Å². The maximum Gasteiger partial charge on any atom is 0.293 e. The molecule has 1 aromatic heterocycles. The lowest BCUT2D eigenvalue weighted by Crippen LogP contribution is -2.21. The van der Waals surface area contributed by atoms with Crippen molar-refractivity contribution in [1.29, 1.82) is 0 Å². The van der Waals surface area contributed by atoms with Crippen LogP contribution in [0, 0.1) is 20.2 Å². The first-order chi connectivity index (χ1) is 14.9. The van der Waals surface area contributed by atoms with Gasteiger partial charge in [-0.2, -0.15) is 5.10 Å². The number of hydrogen-bond acceptors (Lipinski definition) is 8. The van der Waals surface area contributed by atoms with Crippen LogP contribution in [0.3, 0.4) is 0 Å². The molecule has 11 heteroatoms. The first-order valence-electron chi connectivity index (χ1n) is 9.68. The van der Waals surface area contributed by atoms with Gasteiger partial charge in [-0.3, -0.25) is 30.4 Å². The SMILES string of the molecule is O=c1[nH]c2ccccc2nc1N/N=C1/CCCCC1c1ccc([N+](=O)[O-])cc1[N+](=O)[O-]. The highest BCUT2D eigenvalue weighted by Gasteiger charge is 2.30. The Morgan fingerprint density at radius 3 is 2.68 bits per heavy atom. The Morgan fingerprint density at radius 2 is 1.90 bits per heavy atom. The Kier molecular flexibility index (Phi) is 5.39. The maximum atomic E-state index is 12.3. The quantitative estimate of drug-likeness (QED) is 0.467. The topological polar surface area (TPSA) is 156 Å². The molecular weight excluding hydrogens is 404 g/mol. The molecule has 0 bridgehead atoms. The summed E-state index contributed by atoms with van der Waals surface area (Å²) in [6, 6.07) is 10.7. The van der Waals surface area contributed by atoms with Crippen LogP contribution in [-0.4, -0.2) is 25.5 Å². The number of nitro benzene ring substituents is 2. The summed E-state index contributed by atoms with van der Waals surface area (Å²) < 4.78 is 0. The van der Waals surface area contributed by atoms with Crippen LogP contribution in [0.5, 0.6) is 0 Å². The predicted molar refractivity (Wildman–Crippen MR) is 114 cm³/mol. The van der Waals surface area contributed by atoms with E-state index in [4.69, 9.17) is 0 Å². The van der Waals surface area contributed by atoms with Crippen molar-refractivity contribution in [2.24, 2.45) is 5.10 Å². The molecule has 1 heterocycles. The van der Waals surface area contributed by atoms with Crippen LogP contribution in [0.2, 0.25) is 0 Å². The van der Waals surface area contributed by atoms with E-state index in [1.807, 2.05) is 0 Å². The van der Waals surface area contributed by atoms with E-state index in [9.17, 15) is 25.0 Å². The van der Waals surface area contributed by atoms with Gasteiger partial charge < -0.3 is 4.98 Å². The summed E-state index contributed by atoms with van der Waals surface area (Å²) in [6.07, 6.45) is 2.88. The van der Waals surface area contributed by atoms with E-state index in [-0.39, 0.29) is 23.1 Å². The molecule has 1 saturated carbocycles. The zero-order valence-corrected chi connectivity index (χ0v) is 16.3. The highest BCUT2D eigenvalue weighted by Crippen LogP contribution is 2.37. The number of nitrogens with one attached hydrogen (secondary N) is 2. The molecule has 0 aliphatic heterocycles. The molecule has 1 aliphatic carbocycles. The van der Waals surface area contributed by atoms with Crippen LogP contribution in [0.4, 0.5) is 17.2 Å². The fourth-order valence-electron chi connectivity index (χ4n) is 3.79. The van der Waals surface area contributed by atoms with E-state index < -0.39 is 15.4 Å². The first-order valence-corrected chi connectivity index (χ1v) is 9.68. The number of benzene rings is 2. The van der Waals surface area contributed by atoms with Gasteiger partial charge in [0.2, 0.25) is 5.82 Å². The number of para-hydroxylation sites is 2. The molecule has 0 radical (unpaired) electrons. The van der Waals surface area contributed by atoms with Gasteiger partial charge in [-0.05, 0) is 37.5 Å². The molecule has 31 heavy (non-hydrogen) atoms. The second-order valence-electron chi connectivity index (χ2n) is 7.20. The van der Waals surface area contributed by atoms with Crippen LogP contribution < -0.4 is 11.0 Å². The number of rotatable bonds is 5. The monoisotopic (exact) mass is 422 g/mol. The van der Waals surface area contributed by atoms with Crippen molar-refractivity contribution in [3.05, 3.63) is 78.6 Å². The van der Waals surface area contributed by atoms with Gasteiger partial charge in [-0.1, -0.05) is 18.6 Å². The van der Waals surface area contributed by atoms with Crippen LogP contribution in [0.1, 0.15) is 37.2 Å². The lowest BCUT2D eigenvalue weighted by atomic mass is 9.81. The van der Waals surface area contributed by atoms with Crippen LogP contribution in [-0.2, 0) is 0 Å². The average molecular weight is 422 g/mol. The average Bonchev–Trinajstić information content (AvgIpc) is 2.77. The van der Waals surface area contributed by atoms with E-state index in [1.165, 1.54) is 12.1 Å². The second kappa shape index (κ2) is 8.30. The number of aromatic nitrogens is 2. The first kappa shape index (κ1) is 20.1. The summed E-state index contributed by atoms with van der Waals surface area (Å²) in [6.45, 7) is 0.